The number of esters is 1. The fourth-order valence-electron chi connectivity index (χ4n) is 4.32. The highest BCUT2D eigenvalue weighted by Gasteiger charge is 2.53. The summed E-state index contributed by atoms with van der Waals surface area (Å²) < 4.78 is 5.56. The molecular formula is C23H24N2O4. The summed E-state index contributed by atoms with van der Waals surface area (Å²) in [5.41, 5.74) is 2.04. The normalized spacial score (nSPS) is 19.8. The molecule has 0 radical (unpaired) electrons. The SMILES string of the molecule is Cc1ccccc1NC(=O)c1cccc(NC(=O)[C@H]2CC(=O)OC23CCCC3)c1. The number of para-hydroxylation sites is 1. The summed E-state index contributed by atoms with van der Waals surface area (Å²) in [6.45, 7) is 1.93. The third kappa shape index (κ3) is 3.88. The van der Waals surface area contributed by atoms with E-state index in [2.05, 4.69) is 10.6 Å². The Kier molecular flexibility index (Phi) is 5.09. The van der Waals surface area contributed by atoms with Crippen LogP contribution in [0.25, 0.3) is 0 Å². The summed E-state index contributed by atoms with van der Waals surface area (Å²) in [6.07, 6.45) is 3.50. The zero-order valence-electron chi connectivity index (χ0n) is 16.4. The molecule has 29 heavy (non-hydrogen) atoms. The van der Waals surface area contributed by atoms with Gasteiger partial charge in [0.2, 0.25) is 5.91 Å². The molecule has 1 saturated heterocycles. The number of carbonyl (C=O) groups is 3. The smallest absolute Gasteiger partial charge is 0.307 e. The van der Waals surface area contributed by atoms with Crippen LogP contribution >= 0.6 is 0 Å². The largest absolute Gasteiger partial charge is 0.458 e. The van der Waals surface area contributed by atoms with Gasteiger partial charge in [0.15, 0.2) is 0 Å². The van der Waals surface area contributed by atoms with Crippen molar-refractivity contribution in [1.82, 2.24) is 0 Å². The minimum atomic E-state index is -0.652. The molecule has 2 fully saturated rings. The topological polar surface area (TPSA) is 84.5 Å². The van der Waals surface area contributed by atoms with Gasteiger partial charge in [-0.3, -0.25) is 14.4 Å². The van der Waals surface area contributed by atoms with Crippen molar-refractivity contribution in [2.45, 2.75) is 44.6 Å². The van der Waals surface area contributed by atoms with Crippen LogP contribution < -0.4 is 10.6 Å². The molecule has 1 saturated carbocycles. The maximum absolute atomic E-state index is 12.9. The fourth-order valence-corrected chi connectivity index (χ4v) is 4.32. The maximum atomic E-state index is 12.9. The molecule has 1 aliphatic carbocycles. The molecule has 2 aromatic rings. The molecular weight excluding hydrogens is 368 g/mol. The third-order valence-corrected chi connectivity index (χ3v) is 5.87. The highest BCUT2D eigenvalue weighted by Crippen LogP contribution is 2.45. The van der Waals surface area contributed by atoms with E-state index in [-0.39, 0.29) is 24.2 Å². The fraction of sp³-hybridized carbons (Fsp3) is 0.348. The number of rotatable bonds is 4. The summed E-state index contributed by atoms with van der Waals surface area (Å²) in [7, 11) is 0. The number of benzene rings is 2. The average molecular weight is 392 g/mol. The summed E-state index contributed by atoms with van der Waals surface area (Å²) in [5, 5.41) is 5.77. The molecule has 6 nitrogen and oxygen atoms in total. The monoisotopic (exact) mass is 392 g/mol. The van der Waals surface area contributed by atoms with Crippen LogP contribution in [0.1, 0.15) is 48.0 Å². The van der Waals surface area contributed by atoms with E-state index in [1.165, 1.54) is 0 Å². The van der Waals surface area contributed by atoms with Crippen molar-refractivity contribution in [2.75, 3.05) is 10.6 Å². The van der Waals surface area contributed by atoms with Gasteiger partial charge in [-0.05, 0) is 62.4 Å². The summed E-state index contributed by atoms with van der Waals surface area (Å²) >= 11 is 0. The molecule has 2 N–H and O–H groups in total. The van der Waals surface area contributed by atoms with Gasteiger partial charge in [0.05, 0.1) is 12.3 Å². The Morgan fingerprint density at radius 3 is 2.55 bits per heavy atom. The lowest BCUT2D eigenvalue weighted by Crippen LogP contribution is -2.39. The predicted octanol–water partition coefficient (Wildman–Crippen LogP) is 4.06. The lowest BCUT2D eigenvalue weighted by molar-refractivity contribution is -0.149. The quantitative estimate of drug-likeness (QED) is 0.769. The van der Waals surface area contributed by atoms with Crippen molar-refractivity contribution < 1.29 is 19.1 Å². The zero-order valence-corrected chi connectivity index (χ0v) is 16.4. The molecule has 2 aliphatic rings. The molecule has 2 amide bonds. The molecule has 1 spiro atoms. The van der Waals surface area contributed by atoms with Crippen LogP contribution in [0.4, 0.5) is 11.4 Å². The Hall–Kier alpha value is -3.15. The van der Waals surface area contributed by atoms with Crippen LogP contribution in [-0.4, -0.2) is 23.4 Å². The summed E-state index contributed by atoms with van der Waals surface area (Å²) in [5.74, 6) is -1.27. The van der Waals surface area contributed by atoms with Crippen LogP contribution in [-0.2, 0) is 14.3 Å². The summed E-state index contributed by atoms with van der Waals surface area (Å²) in [6, 6.07) is 14.4. The van der Waals surface area contributed by atoms with Gasteiger partial charge in [0.1, 0.15) is 5.60 Å². The van der Waals surface area contributed by atoms with Gasteiger partial charge in [-0.1, -0.05) is 24.3 Å². The van der Waals surface area contributed by atoms with Crippen LogP contribution in [0.5, 0.6) is 0 Å². The molecule has 6 heteroatoms. The second-order valence-corrected chi connectivity index (χ2v) is 7.84. The van der Waals surface area contributed by atoms with Crippen molar-refractivity contribution in [3.8, 4) is 0 Å². The molecule has 1 atom stereocenters. The molecule has 150 valence electrons. The molecule has 0 aromatic heterocycles. The van der Waals surface area contributed by atoms with E-state index >= 15 is 0 Å². The van der Waals surface area contributed by atoms with E-state index in [1.54, 1.807) is 24.3 Å². The Balaban J connectivity index is 1.47. The molecule has 2 aromatic carbocycles. The summed E-state index contributed by atoms with van der Waals surface area (Å²) in [4.78, 5) is 37.4. The lowest BCUT2D eigenvalue weighted by atomic mass is 9.85. The maximum Gasteiger partial charge on any atom is 0.307 e. The second kappa shape index (κ2) is 7.70. The van der Waals surface area contributed by atoms with Gasteiger partial charge >= 0.3 is 5.97 Å². The number of carbonyl (C=O) groups excluding carboxylic acids is 3. The van der Waals surface area contributed by atoms with Gasteiger partial charge in [0, 0.05) is 16.9 Å². The molecule has 0 bridgehead atoms. The van der Waals surface area contributed by atoms with Gasteiger partial charge < -0.3 is 15.4 Å². The molecule has 1 heterocycles. The van der Waals surface area contributed by atoms with Gasteiger partial charge in [0.25, 0.3) is 5.91 Å². The highest BCUT2D eigenvalue weighted by molar-refractivity contribution is 6.06. The Morgan fingerprint density at radius 2 is 1.79 bits per heavy atom. The van der Waals surface area contributed by atoms with E-state index in [0.29, 0.717) is 11.3 Å². The first-order valence-electron chi connectivity index (χ1n) is 9.97. The molecule has 1 aliphatic heterocycles. The van der Waals surface area contributed by atoms with E-state index in [1.807, 2.05) is 31.2 Å². The van der Waals surface area contributed by atoms with Gasteiger partial charge in [-0.15, -0.1) is 0 Å². The first-order chi connectivity index (χ1) is 14.0. The van der Waals surface area contributed by atoms with Crippen molar-refractivity contribution in [2.24, 2.45) is 5.92 Å². The van der Waals surface area contributed by atoms with E-state index in [4.69, 9.17) is 4.74 Å². The first kappa shape index (κ1) is 19.2. The highest BCUT2D eigenvalue weighted by atomic mass is 16.6. The molecule has 4 rings (SSSR count). The Labute approximate surface area is 169 Å². The lowest BCUT2D eigenvalue weighted by Gasteiger charge is -2.27. The minimum absolute atomic E-state index is 0.110. The van der Waals surface area contributed by atoms with E-state index in [9.17, 15) is 14.4 Å². The Bertz CT molecular complexity index is 963. The number of nitrogens with one attached hydrogen (secondary N) is 2. The van der Waals surface area contributed by atoms with Crippen LogP contribution in [0.3, 0.4) is 0 Å². The standard InChI is InChI=1S/C23H24N2O4/c1-15-7-2-3-10-19(15)25-21(27)16-8-6-9-17(13-16)24-22(28)18-14-20(26)29-23(18)11-4-5-12-23/h2-3,6-10,13,18H,4-5,11-12,14H2,1H3,(H,24,28)(H,25,27)/t18-/m1/s1. The van der Waals surface area contributed by atoms with Crippen molar-refractivity contribution >= 4 is 29.2 Å². The van der Waals surface area contributed by atoms with Gasteiger partial charge in [-0.2, -0.15) is 0 Å². The third-order valence-electron chi connectivity index (χ3n) is 5.87. The number of aryl methyl sites for hydroxylation is 1. The van der Waals surface area contributed by atoms with Crippen LogP contribution in [0.2, 0.25) is 0 Å². The first-order valence-corrected chi connectivity index (χ1v) is 9.97. The van der Waals surface area contributed by atoms with Gasteiger partial charge in [-0.25, -0.2) is 0 Å². The average Bonchev–Trinajstić information content (AvgIpc) is 3.30. The number of amides is 2. The van der Waals surface area contributed by atoms with Crippen LogP contribution in [0, 0.1) is 12.8 Å². The van der Waals surface area contributed by atoms with Crippen molar-refractivity contribution in [1.29, 1.82) is 0 Å². The number of anilines is 2. The second-order valence-electron chi connectivity index (χ2n) is 7.84. The zero-order chi connectivity index (χ0) is 20.4. The Morgan fingerprint density at radius 1 is 1.03 bits per heavy atom. The molecule has 0 unspecified atom stereocenters. The van der Waals surface area contributed by atoms with Crippen molar-refractivity contribution in [3.05, 3.63) is 59.7 Å². The van der Waals surface area contributed by atoms with E-state index < -0.39 is 11.5 Å². The number of hydrogen-bond acceptors (Lipinski definition) is 4. The van der Waals surface area contributed by atoms with Crippen molar-refractivity contribution in [3.63, 3.8) is 0 Å². The minimum Gasteiger partial charge on any atom is -0.458 e. The number of hydrogen-bond donors (Lipinski definition) is 2. The predicted molar refractivity (Wildman–Crippen MR) is 110 cm³/mol. The van der Waals surface area contributed by atoms with E-state index in [0.717, 1.165) is 36.9 Å². The number of ether oxygens (including phenoxy) is 1. The van der Waals surface area contributed by atoms with Crippen LogP contribution in [0.15, 0.2) is 48.5 Å².